The molecule has 2 aliphatic heterocycles. The van der Waals surface area contributed by atoms with Gasteiger partial charge in [0.25, 0.3) is 0 Å². The van der Waals surface area contributed by atoms with Gasteiger partial charge in [0.2, 0.25) is 5.91 Å². The molecule has 3 atom stereocenters. The summed E-state index contributed by atoms with van der Waals surface area (Å²) in [6.45, 7) is 3.00. The topological polar surface area (TPSA) is 50.6 Å². The number of carbonyl (C=O) groups is 1. The van der Waals surface area contributed by atoms with Gasteiger partial charge in [-0.05, 0) is 57.9 Å². The van der Waals surface area contributed by atoms with Crippen molar-refractivity contribution in [1.29, 1.82) is 0 Å². The van der Waals surface area contributed by atoms with Crippen LogP contribution in [0.4, 0.5) is 0 Å². The summed E-state index contributed by atoms with van der Waals surface area (Å²) in [6, 6.07) is 0.597. The van der Waals surface area contributed by atoms with Crippen LogP contribution in [0, 0.1) is 0 Å². The maximum Gasteiger partial charge on any atom is 0.237 e. The Labute approximate surface area is 168 Å². The van der Waals surface area contributed by atoms with E-state index >= 15 is 0 Å². The number of hydrogen-bond acceptors (Lipinski definition) is 4. The monoisotopic (exact) mass is 386 g/mol. The van der Waals surface area contributed by atoms with E-state index in [4.69, 9.17) is 9.72 Å². The first-order valence-electron chi connectivity index (χ1n) is 11.4. The van der Waals surface area contributed by atoms with Gasteiger partial charge in [0.15, 0.2) is 0 Å². The molecule has 2 aliphatic carbocycles. The number of fused-ring (bicyclic) bond motifs is 2. The third-order valence-corrected chi connectivity index (χ3v) is 7.46. The Bertz CT molecular complexity index is 728. The van der Waals surface area contributed by atoms with E-state index in [1.807, 2.05) is 0 Å². The van der Waals surface area contributed by atoms with Crippen LogP contribution in [0.3, 0.4) is 0 Å². The number of amides is 1. The molecule has 4 aliphatic rings. The number of imidazole rings is 1. The van der Waals surface area contributed by atoms with Crippen molar-refractivity contribution in [1.82, 2.24) is 19.4 Å². The third kappa shape index (κ3) is 3.28. The van der Waals surface area contributed by atoms with E-state index < -0.39 is 0 Å². The van der Waals surface area contributed by atoms with Crippen molar-refractivity contribution < 1.29 is 9.53 Å². The molecule has 154 valence electrons. The van der Waals surface area contributed by atoms with Gasteiger partial charge in [-0.2, -0.15) is 0 Å². The van der Waals surface area contributed by atoms with E-state index in [0.29, 0.717) is 31.1 Å². The molecular formula is C22H34N4O2. The van der Waals surface area contributed by atoms with Crippen LogP contribution in [0.2, 0.25) is 0 Å². The molecule has 2 saturated heterocycles. The molecule has 1 saturated carbocycles. The van der Waals surface area contributed by atoms with E-state index in [1.165, 1.54) is 42.9 Å². The molecule has 1 aromatic heterocycles. The Hall–Kier alpha value is -1.40. The Morgan fingerprint density at radius 2 is 1.93 bits per heavy atom. The van der Waals surface area contributed by atoms with E-state index in [1.54, 1.807) is 0 Å². The summed E-state index contributed by atoms with van der Waals surface area (Å²) in [7, 11) is 2.18. The molecule has 0 N–H and O–H groups in total. The highest BCUT2D eigenvalue weighted by molar-refractivity contribution is 5.79. The van der Waals surface area contributed by atoms with E-state index in [2.05, 4.69) is 21.4 Å². The van der Waals surface area contributed by atoms with Crippen LogP contribution >= 0.6 is 0 Å². The molecule has 3 fully saturated rings. The number of nitrogens with zero attached hydrogens (tertiary/aromatic N) is 4. The van der Waals surface area contributed by atoms with Gasteiger partial charge in [-0.15, -0.1) is 0 Å². The van der Waals surface area contributed by atoms with Crippen LogP contribution in [-0.2, 0) is 29.4 Å². The van der Waals surface area contributed by atoms with Crippen LogP contribution in [0.5, 0.6) is 0 Å². The Balaban J connectivity index is 1.31. The molecular weight excluding hydrogens is 352 g/mol. The Kier molecular flexibility index (Phi) is 5.18. The van der Waals surface area contributed by atoms with Crippen molar-refractivity contribution >= 4 is 5.91 Å². The van der Waals surface area contributed by atoms with E-state index in [-0.39, 0.29) is 6.10 Å². The highest BCUT2D eigenvalue weighted by Gasteiger charge is 2.39. The summed E-state index contributed by atoms with van der Waals surface area (Å²) in [5.41, 5.74) is 2.73. The number of hydrogen-bond donors (Lipinski definition) is 0. The predicted octanol–water partition coefficient (Wildman–Crippen LogP) is 2.61. The van der Waals surface area contributed by atoms with Crippen LogP contribution in [0.1, 0.15) is 74.6 Å². The van der Waals surface area contributed by atoms with Crippen LogP contribution in [-0.4, -0.2) is 63.6 Å². The number of morpholine rings is 1. The van der Waals surface area contributed by atoms with Gasteiger partial charge in [0, 0.05) is 19.3 Å². The SMILES string of the molecule is Cn1c([C@@H]2CCCN2CC(=O)N2CCO[C@H]3CCCC[C@H]32)nc2c1CCCC2. The maximum absolute atomic E-state index is 13.3. The zero-order chi connectivity index (χ0) is 19.1. The Morgan fingerprint density at radius 1 is 1.07 bits per heavy atom. The first-order valence-corrected chi connectivity index (χ1v) is 11.4. The largest absolute Gasteiger partial charge is 0.374 e. The fraction of sp³-hybridized carbons (Fsp3) is 0.818. The van der Waals surface area contributed by atoms with Crippen LogP contribution < -0.4 is 0 Å². The van der Waals surface area contributed by atoms with Crippen molar-refractivity contribution in [2.75, 3.05) is 26.2 Å². The second-order valence-electron chi connectivity index (χ2n) is 9.11. The smallest absolute Gasteiger partial charge is 0.237 e. The summed E-state index contributed by atoms with van der Waals surface area (Å²) >= 11 is 0. The predicted molar refractivity (Wildman–Crippen MR) is 107 cm³/mol. The average Bonchev–Trinajstić information content (AvgIpc) is 3.32. The molecule has 6 nitrogen and oxygen atoms in total. The fourth-order valence-corrected chi connectivity index (χ4v) is 5.98. The third-order valence-electron chi connectivity index (χ3n) is 7.46. The number of ether oxygens (including phenoxy) is 1. The molecule has 6 heteroatoms. The van der Waals surface area contributed by atoms with Gasteiger partial charge in [-0.1, -0.05) is 12.8 Å². The van der Waals surface area contributed by atoms with Crippen molar-refractivity contribution in [2.45, 2.75) is 82.4 Å². The minimum absolute atomic E-state index is 0.266. The number of likely N-dealkylation sites (tertiary alicyclic amines) is 1. The average molecular weight is 387 g/mol. The van der Waals surface area contributed by atoms with Gasteiger partial charge in [-0.3, -0.25) is 9.69 Å². The molecule has 1 amide bonds. The second-order valence-corrected chi connectivity index (χ2v) is 9.11. The molecule has 0 radical (unpaired) electrons. The molecule has 0 spiro atoms. The van der Waals surface area contributed by atoms with Crippen LogP contribution in [0.15, 0.2) is 0 Å². The lowest BCUT2D eigenvalue weighted by atomic mass is 9.90. The Morgan fingerprint density at radius 3 is 2.82 bits per heavy atom. The lowest BCUT2D eigenvalue weighted by molar-refractivity contribution is -0.150. The van der Waals surface area contributed by atoms with Gasteiger partial charge < -0.3 is 14.2 Å². The maximum atomic E-state index is 13.3. The summed E-state index contributed by atoms with van der Waals surface area (Å²) in [6.07, 6.45) is 12.0. The zero-order valence-electron chi connectivity index (χ0n) is 17.2. The highest BCUT2D eigenvalue weighted by atomic mass is 16.5. The lowest BCUT2D eigenvalue weighted by Gasteiger charge is -2.44. The first kappa shape index (κ1) is 18.6. The number of rotatable bonds is 3. The molecule has 28 heavy (non-hydrogen) atoms. The second kappa shape index (κ2) is 7.79. The van der Waals surface area contributed by atoms with Gasteiger partial charge in [0.05, 0.1) is 37.0 Å². The number of aryl methyl sites for hydroxylation is 1. The van der Waals surface area contributed by atoms with Gasteiger partial charge >= 0.3 is 0 Å². The molecule has 0 aromatic carbocycles. The van der Waals surface area contributed by atoms with Crippen molar-refractivity contribution in [3.63, 3.8) is 0 Å². The molecule has 5 rings (SSSR count). The van der Waals surface area contributed by atoms with Crippen molar-refractivity contribution in [3.05, 3.63) is 17.2 Å². The minimum Gasteiger partial charge on any atom is -0.374 e. The highest BCUT2D eigenvalue weighted by Crippen LogP contribution is 2.34. The van der Waals surface area contributed by atoms with Gasteiger partial charge in [-0.25, -0.2) is 4.98 Å². The van der Waals surface area contributed by atoms with Crippen LogP contribution in [0.25, 0.3) is 0 Å². The summed E-state index contributed by atoms with van der Waals surface area (Å²) in [5.74, 6) is 1.49. The number of aromatic nitrogens is 2. The summed E-state index contributed by atoms with van der Waals surface area (Å²) in [4.78, 5) is 22.8. The summed E-state index contributed by atoms with van der Waals surface area (Å²) in [5, 5.41) is 0. The van der Waals surface area contributed by atoms with Crippen molar-refractivity contribution in [2.24, 2.45) is 7.05 Å². The lowest BCUT2D eigenvalue weighted by Crippen LogP contribution is -2.56. The molecule has 0 unspecified atom stereocenters. The van der Waals surface area contributed by atoms with E-state index in [0.717, 1.165) is 51.6 Å². The van der Waals surface area contributed by atoms with E-state index in [9.17, 15) is 4.79 Å². The fourth-order valence-electron chi connectivity index (χ4n) is 5.98. The molecule has 0 bridgehead atoms. The zero-order valence-corrected chi connectivity index (χ0v) is 17.2. The minimum atomic E-state index is 0.266. The normalized spacial score (nSPS) is 30.9. The molecule has 3 heterocycles. The number of carbonyl (C=O) groups excluding carboxylic acids is 1. The van der Waals surface area contributed by atoms with Crippen molar-refractivity contribution in [3.8, 4) is 0 Å². The quantitative estimate of drug-likeness (QED) is 0.801. The standard InChI is InChI=1S/C22H34N4O2/c1-24-17-8-3-2-7-16(17)23-22(24)19-10-6-12-25(19)15-21(27)26-13-14-28-20-11-5-4-9-18(20)26/h18-20H,2-15H2,1H3/t18-,19+,20+/m1/s1. The molecule has 1 aromatic rings. The first-order chi connectivity index (χ1) is 13.7. The van der Waals surface area contributed by atoms with Gasteiger partial charge in [0.1, 0.15) is 5.82 Å². The summed E-state index contributed by atoms with van der Waals surface area (Å²) < 4.78 is 8.31.